The van der Waals surface area contributed by atoms with E-state index in [1.54, 1.807) is 6.26 Å². The lowest BCUT2D eigenvalue weighted by molar-refractivity contribution is 0.105. The van der Waals surface area contributed by atoms with Crippen LogP contribution in [-0.2, 0) is 17.9 Å². The Morgan fingerprint density at radius 1 is 1.29 bits per heavy atom. The second-order valence-corrected chi connectivity index (χ2v) is 8.20. The number of piperidine rings is 1. The first kappa shape index (κ1) is 20.9. The standard InChI is InChI=1S/C21H32N4O2S/c1-22-21(23-9-4-12-26-17-19-5-2-13-27-19)24-15-18-7-10-25(11-8-18)16-20-6-3-14-28-20/h2-3,5-6,13-14,18H,4,7-12,15-17H2,1H3,(H2,22,23,24). The van der Waals surface area contributed by atoms with Gasteiger partial charge in [0.25, 0.3) is 0 Å². The highest BCUT2D eigenvalue weighted by molar-refractivity contribution is 7.09. The van der Waals surface area contributed by atoms with Gasteiger partial charge in [-0.2, -0.15) is 0 Å². The van der Waals surface area contributed by atoms with Gasteiger partial charge in [-0.25, -0.2) is 0 Å². The molecule has 0 aromatic carbocycles. The average Bonchev–Trinajstić information content (AvgIpc) is 3.42. The number of aliphatic imine (C=N–C) groups is 1. The molecule has 2 N–H and O–H groups in total. The monoisotopic (exact) mass is 404 g/mol. The maximum absolute atomic E-state index is 5.60. The molecule has 0 unspecified atom stereocenters. The number of furan rings is 1. The lowest BCUT2D eigenvalue weighted by Gasteiger charge is -2.32. The third-order valence-corrected chi connectivity index (χ3v) is 5.89. The first-order valence-corrected chi connectivity index (χ1v) is 11.0. The zero-order valence-corrected chi connectivity index (χ0v) is 17.5. The molecular formula is C21H32N4O2S. The number of nitrogens with zero attached hydrogens (tertiary/aromatic N) is 2. The Hall–Kier alpha value is -1.83. The minimum Gasteiger partial charge on any atom is -0.467 e. The Bertz CT molecular complexity index is 665. The SMILES string of the molecule is CN=C(NCCCOCc1ccco1)NCC1CCN(Cc2cccs2)CC1. The van der Waals surface area contributed by atoms with Crippen molar-refractivity contribution in [2.24, 2.45) is 10.9 Å². The summed E-state index contributed by atoms with van der Waals surface area (Å²) < 4.78 is 10.8. The minimum absolute atomic E-state index is 0.533. The van der Waals surface area contributed by atoms with Crippen LogP contribution < -0.4 is 10.6 Å². The van der Waals surface area contributed by atoms with Gasteiger partial charge in [0.15, 0.2) is 5.96 Å². The molecule has 2 aromatic rings. The molecule has 1 aliphatic heterocycles. The van der Waals surface area contributed by atoms with Crippen LogP contribution in [0, 0.1) is 5.92 Å². The highest BCUT2D eigenvalue weighted by Crippen LogP contribution is 2.20. The highest BCUT2D eigenvalue weighted by Gasteiger charge is 2.19. The quantitative estimate of drug-likeness (QED) is 0.361. The zero-order valence-electron chi connectivity index (χ0n) is 16.7. The van der Waals surface area contributed by atoms with Crippen LogP contribution >= 0.6 is 11.3 Å². The van der Waals surface area contributed by atoms with Crippen LogP contribution in [-0.4, -0.2) is 50.7 Å². The number of hydrogen-bond acceptors (Lipinski definition) is 5. The van der Waals surface area contributed by atoms with Gasteiger partial charge in [0.05, 0.1) is 6.26 Å². The number of rotatable bonds is 10. The third kappa shape index (κ3) is 7.30. The average molecular weight is 405 g/mol. The molecule has 2 aromatic heterocycles. The Balaban J connectivity index is 1.22. The molecule has 3 rings (SSSR count). The molecule has 7 heteroatoms. The molecule has 0 radical (unpaired) electrons. The summed E-state index contributed by atoms with van der Waals surface area (Å²) >= 11 is 1.85. The molecule has 1 saturated heterocycles. The fourth-order valence-corrected chi connectivity index (χ4v) is 4.13. The van der Waals surface area contributed by atoms with Crippen LogP contribution in [0.3, 0.4) is 0 Å². The van der Waals surface area contributed by atoms with Crippen LogP contribution in [0.25, 0.3) is 0 Å². The summed E-state index contributed by atoms with van der Waals surface area (Å²) in [5, 5.41) is 9.01. The molecule has 0 atom stereocenters. The van der Waals surface area contributed by atoms with Crippen molar-refractivity contribution < 1.29 is 9.15 Å². The van der Waals surface area contributed by atoms with E-state index < -0.39 is 0 Å². The molecule has 154 valence electrons. The van der Waals surface area contributed by atoms with E-state index >= 15 is 0 Å². The number of thiophene rings is 1. The summed E-state index contributed by atoms with van der Waals surface area (Å²) in [5.41, 5.74) is 0. The van der Waals surface area contributed by atoms with Crippen LogP contribution in [0.5, 0.6) is 0 Å². The molecule has 0 spiro atoms. The predicted molar refractivity (Wildman–Crippen MR) is 115 cm³/mol. The van der Waals surface area contributed by atoms with E-state index in [4.69, 9.17) is 9.15 Å². The van der Waals surface area contributed by atoms with Gasteiger partial charge in [-0.1, -0.05) is 6.07 Å². The largest absolute Gasteiger partial charge is 0.467 e. The number of likely N-dealkylation sites (tertiary alicyclic amines) is 1. The Morgan fingerprint density at radius 3 is 2.89 bits per heavy atom. The van der Waals surface area contributed by atoms with Gasteiger partial charge in [-0.05, 0) is 61.8 Å². The molecule has 6 nitrogen and oxygen atoms in total. The second kappa shape index (κ2) is 11.9. The summed E-state index contributed by atoms with van der Waals surface area (Å²) in [6.45, 7) is 6.53. The first-order valence-electron chi connectivity index (χ1n) is 10.1. The molecule has 3 heterocycles. The van der Waals surface area contributed by atoms with E-state index in [-0.39, 0.29) is 0 Å². The summed E-state index contributed by atoms with van der Waals surface area (Å²) in [5.74, 6) is 2.47. The summed E-state index contributed by atoms with van der Waals surface area (Å²) in [6, 6.07) is 8.18. The Labute approximate surface area is 172 Å². The molecule has 28 heavy (non-hydrogen) atoms. The number of hydrogen-bond donors (Lipinski definition) is 2. The fourth-order valence-electron chi connectivity index (χ4n) is 3.38. The maximum atomic E-state index is 5.60. The third-order valence-electron chi connectivity index (χ3n) is 5.03. The smallest absolute Gasteiger partial charge is 0.190 e. The Morgan fingerprint density at radius 2 is 2.18 bits per heavy atom. The number of nitrogens with one attached hydrogen (secondary N) is 2. The van der Waals surface area contributed by atoms with Crippen LogP contribution in [0.2, 0.25) is 0 Å². The maximum Gasteiger partial charge on any atom is 0.190 e. The predicted octanol–water partition coefficient (Wildman–Crippen LogP) is 3.33. The van der Waals surface area contributed by atoms with Crippen molar-refractivity contribution in [3.8, 4) is 0 Å². The van der Waals surface area contributed by atoms with E-state index in [0.29, 0.717) is 13.2 Å². The molecule has 0 bridgehead atoms. The molecule has 0 saturated carbocycles. The molecular weight excluding hydrogens is 372 g/mol. The van der Waals surface area contributed by atoms with Crippen molar-refractivity contribution in [2.75, 3.05) is 39.8 Å². The van der Waals surface area contributed by atoms with Gasteiger partial charge < -0.3 is 19.8 Å². The van der Waals surface area contributed by atoms with Crippen molar-refractivity contribution >= 4 is 17.3 Å². The lowest BCUT2D eigenvalue weighted by atomic mass is 9.97. The van der Waals surface area contributed by atoms with E-state index in [0.717, 1.165) is 43.7 Å². The van der Waals surface area contributed by atoms with Crippen LogP contribution in [0.1, 0.15) is 29.9 Å². The van der Waals surface area contributed by atoms with Crippen molar-refractivity contribution in [1.29, 1.82) is 0 Å². The topological polar surface area (TPSA) is 62.0 Å². The van der Waals surface area contributed by atoms with Crippen molar-refractivity contribution in [2.45, 2.75) is 32.4 Å². The highest BCUT2D eigenvalue weighted by atomic mass is 32.1. The van der Waals surface area contributed by atoms with Crippen LogP contribution in [0.4, 0.5) is 0 Å². The zero-order chi connectivity index (χ0) is 19.4. The molecule has 1 fully saturated rings. The van der Waals surface area contributed by atoms with E-state index in [1.807, 2.05) is 30.5 Å². The van der Waals surface area contributed by atoms with Gasteiger partial charge in [-0.3, -0.25) is 9.89 Å². The van der Waals surface area contributed by atoms with Gasteiger partial charge in [0.1, 0.15) is 12.4 Å². The number of ether oxygens (including phenoxy) is 1. The summed E-state index contributed by atoms with van der Waals surface area (Å²) in [4.78, 5) is 8.36. The van der Waals surface area contributed by atoms with Crippen molar-refractivity contribution in [3.05, 3.63) is 46.5 Å². The van der Waals surface area contributed by atoms with E-state index in [9.17, 15) is 0 Å². The summed E-state index contributed by atoms with van der Waals surface area (Å²) in [7, 11) is 1.83. The summed E-state index contributed by atoms with van der Waals surface area (Å²) in [6.07, 6.45) is 5.10. The lowest BCUT2D eigenvalue weighted by Crippen LogP contribution is -2.43. The first-order chi connectivity index (χ1) is 13.8. The van der Waals surface area contributed by atoms with E-state index in [2.05, 4.69) is 38.0 Å². The van der Waals surface area contributed by atoms with Crippen molar-refractivity contribution in [3.63, 3.8) is 0 Å². The molecule has 0 amide bonds. The van der Waals surface area contributed by atoms with Crippen molar-refractivity contribution in [1.82, 2.24) is 15.5 Å². The van der Waals surface area contributed by atoms with E-state index in [1.165, 1.54) is 30.8 Å². The fraction of sp³-hybridized carbons (Fsp3) is 0.571. The van der Waals surface area contributed by atoms with Gasteiger partial charge in [0, 0.05) is 38.2 Å². The minimum atomic E-state index is 0.533. The van der Waals surface area contributed by atoms with Gasteiger partial charge >= 0.3 is 0 Å². The van der Waals surface area contributed by atoms with Gasteiger partial charge in [0.2, 0.25) is 0 Å². The van der Waals surface area contributed by atoms with Gasteiger partial charge in [-0.15, -0.1) is 11.3 Å². The Kier molecular flexibility index (Phi) is 8.87. The molecule has 0 aliphatic carbocycles. The second-order valence-electron chi connectivity index (χ2n) is 7.16. The number of guanidine groups is 1. The normalized spacial score (nSPS) is 16.4. The van der Waals surface area contributed by atoms with Crippen LogP contribution in [0.15, 0.2) is 45.3 Å². The molecule has 1 aliphatic rings.